The number of benzene rings is 1. The van der Waals surface area contributed by atoms with Crippen LogP contribution in [0.25, 0.3) is 10.1 Å². The van der Waals surface area contributed by atoms with Crippen LogP contribution in [0.2, 0.25) is 0 Å². The summed E-state index contributed by atoms with van der Waals surface area (Å²) >= 11 is 5.29. The highest BCUT2D eigenvalue weighted by molar-refractivity contribution is 9.10. The van der Waals surface area contributed by atoms with E-state index >= 15 is 0 Å². The second kappa shape index (κ2) is 2.61. The summed E-state index contributed by atoms with van der Waals surface area (Å²) in [4.78, 5) is 0. The van der Waals surface area contributed by atoms with Gasteiger partial charge in [0.1, 0.15) is 0 Å². The number of thiophene rings is 1. The van der Waals surface area contributed by atoms with Crippen LogP contribution in [-0.2, 0) is 0 Å². The molecule has 0 nitrogen and oxygen atoms in total. The minimum absolute atomic E-state index is 1.20. The van der Waals surface area contributed by atoms with Gasteiger partial charge in [-0.25, -0.2) is 0 Å². The van der Waals surface area contributed by atoms with Crippen molar-refractivity contribution in [2.75, 3.05) is 0 Å². The number of halogens is 1. The Balaban J connectivity index is 2.93. The molecule has 0 aliphatic carbocycles. The van der Waals surface area contributed by atoms with Crippen LogP contribution in [0.4, 0.5) is 0 Å². The van der Waals surface area contributed by atoms with Gasteiger partial charge in [-0.15, -0.1) is 11.3 Å². The Kier molecular flexibility index (Phi) is 1.74. The van der Waals surface area contributed by atoms with Gasteiger partial charge < -0.3 is 0 Å². The first-order valence-electron chi connectivity index (χ1n) is 3.41. The smallest absolute Gasteiger partial charge is 0.0346 e. The Morgan fingerprint density at radius 1 is 1.27 bits per heavy atom. The molecule has 0 aliphatic heterocycles. The zero-order chi connectivity index (χ0) is 7.84. The third-order valence-electron chi connectivity index (χ3n) is 1.84. The topological polar surface area (TPSA) is 0 Å². The summed E-state index contributed by atoms with van der Waals surface area (Å²) in [6, 6.07) is 6.42. The van der Waals surface area contributed by atoms with Crippen LogP contribution in [0.5, 0.6) is 0 Å². The Hall–Kier alpha value is -0.340. The van der Waals surface area contributed by atoms with Crippen LogP contribution in [-0.4, -0.2) is 0 Å². The summed E-state index contributed by atoms with van der Waals surface area (Å²) < 4.78 is 2.56. The Labute approximate surface area is 78.0 Å². The Bertz CT molecular complexity index is 389. The van der Waals surface area contributed by atoms with E-state index in [1.165, 1.54) is 20.1 Å². The molecule has 11 heavy (non-hydrogen) atoms. The summed E-state index contributed by atoms with van der Waals surface area (Å²) in [6.07, 6.45) is 0. The molecule has 0 bridgehead atoms. The van der Waals surface area contributed by atoms with Gasteiger partial charge in [-0.2, -0.15) is 0 Å². The van der Waals surface area contributed by atoms with Crippen LogP contribution >= 0.6 is 27.3 Å². The van der Waals surface area contributed by atoms with E-state index in [9.17, 15) is 0 Å². The van der Waals surface area contributed by atoms with E-state index < -0.39 is 0 Å². The maximum Gasteiger partial charge on any atom is 0.0346 e. The summed E-state index contributed by atoms with van der Waals surface area (Å²) in [5, 5.41) is 3.49. The molecule has 1 aromatic carbocycles. The third kappa shape index (κ3) is 1.10. The lowest BCUT2D eigenvalue weighted by atomic mass is 10.2. The van der Waals surface area contributed by atoms with Crippen molar-refractivity contribution < 1.29 is 0 Å². The maximum atomic E-state index is 3.51. The average molecular weight is 227 g/mol. The lowest BCUT2D eigenvalue weighted by molar-refractivity contribution is 1.50. The number of rotatable bonds is 0. The van der Waals surface area contributed by atoms with Crippen molar-refractivity contribution in [1.29, 1.82) is 0 Å². The summed E-state index contributed by atoms with van der Waals surface area (Å²) in [6.45, 7) is 2.14. The van der Waals surface area contributed by atoms with Crippen LogP contribution < -0.4 is 0 Å². The molecule has 1 heterocycles. The predicted molar refractivity (Wildman–Crippen MR) is 54.3 cm³/mol. The fourth-order valence-electron chi connectivity index (χ4n) is 1.16. The predicted octanol–water partition coefficient (Wildman–Crippen LogP) is 3.97. The molecule has 0 fully saturated rings. The number of fused-ring (bicyclic) bond motifs is 1. The molecule has 1 aromatic heterocycles. The molecule has 0 saturated carbocycles. The average Bonchev–Trinajstić information content (AvgIpc) is 2.45. The standard InChI is InChI=1S/C9H7BrS/c1-6-7-4-5-11-9(7)3-2-8(6)10/h2-5H,1H3. The SMILES string of the molecule is Cc1c(Br)ccc2sccc12. The van der Waals surface area contributed by atoms with Gasteiger partial charge in [-0.1, -0.05) is 15.9 Å². The second-order valence-electron chi connectivity index (χ2n) is 2.50. The lowest BCUT2D eigenvalue weighted by Crippen LogP contribution is -1.74. The Morgan fingerprint density at radius 3 is 2.91 bits per heavy atom. The zero-order valence-electron chi connectivity index (χ0n) is 6.10. The van der Waals surface area contributed by atoms with Crippen LogP contribution in [0.1, 0.15) is 5.56 Å². The normalized spacial score (nSPS) is 10.7. The van der Waals surface area contributed by atoms with Crippen LogP contribution in [0, 0.1) is 6.92 Å². The molecule has 0 amide bonds. The van der Waals surface area contributed by atoms with Crippen LogP contribution in [0.15, 0.2) is 28.1 Å². The lowest BCUT2D eigenvalue weighted by Gasteiger charge is -1.97. The fourth-order valence-corrected chi connectivity index (χ4v) is 2.35. The molecule has 2 aromatic rings. The molecule has 0 aliphatic rings. The van der Waals surface area contributed by atoms with Gasteiger partial charge in [-0.3, -0.25) is 0 Å². The van der Waals surface area contributed by atoms with Crippen LogP contribution in [0.3, 0.4) is 0 Å². The highest BCUT2D eigenvalue weighted by Gasteiger charge is 2.00. The monoisotopic (exact) mass is 226 g/mol. The first kappa shape index (κ1) is 7.32. The van der Waals surface area contributed by atoms with Crippen molar-refractivity contribution in [3.63, 3.8) is 0 Å². The molecule has 0 saturated heterocycles. The number of hydrogen-bond acceptors (Lipinski definition) is 1. The molecule has 2 rings (SSSR count). The number of aryl methyl sites for hydroxylation is 1. The van der Waals surface area contributed by atoms with Crippen molar-refractivity contribution in [2.24, 2.45) is 0 Å². The quantitative estimate of drug-likeness (QED) is 0.638. The Morgan fingerprint density at radius 2 is 2.09 bits per heavy atom. The largest absolute Gasteiger partial charge is 0.144 e. The summed E-state index contributed by atoms with van der Waals surface area (Å²) in [5.41, 5.74) is 1.34. The fraction of sp³-hybridized carbons (Fsp3) is 0.111. The number of hydrogen-bond donors (Lipinski definition) is 0. The van der Waals surface area contributed by atoms with Gasteiger partial charge in [0.15, 0.2) is 0 Å². The molecule has 0 N–H and O–H groups in total. The second-order valence-corrected chi connectivity index (χ2v) is 4.31. The van der Waals surface area contributed by atoms with E-state index in [2.05, 4.69) is 46.4 Å². The van der Waals surface area contributed by atoms with Gasteiger partial charge in [-0.05, 0) is 41.5 Å². The molecule has 2 heteroatoms. The van der Waals surface area contributed by atoms with E-state index in [-0.39, 0.29) is 0 Å². The van der Waals surface area contributed by atoms with Gasteiger partial charge in [0.05, 0.1) is 0 Å². The zero-order valence-corrected chi connectivity index (χ0v) is 8.50. The third-order valence-corrected chi connectivity index (χ3v) is 3.58. The van der Waals surface area contributed by atoms with Crippen molar-refractivity contribution in [3.05, 3.63) is 33.6 Å². The maximum absolute atomic E-state index is 3.51. The molecular weight excluding hydrogens is 220 g/mol. The van der Waals surface area contributed by atoms with Gasteiger partial charge >= 0.3 is 0 Å². The van der Waals surface area contributed by atoms with Crippen molar-refractivity contribution >= 4 is 37.4 Å². The van der Waals surface area contributed by atoms with Gasteiger partial charge in [0.25, 0.3) is 0 Å². The molecule has 56 valence electrons. The van der Waals surface area contributed by atoms with Crippen molar-refractivity contribution in [2.45, 2.75) is 6.92 Å². The molecular formula is C9H7BrS. The molecule has 0 spiro atoms. The highest BCUT2D eigenvalue weighted by Crippen LogP contribution is 2.28. The minimum atomic E-state index is 1.20. The summed E-state index contributed by atoms with van der Waals surface area (Å²) in [7, 11) is 0. The van der Waals surface area contributed by atoms with Gasteiger partial charge in [0, 0.05) is 9.17 Å². The first-order chi connectivity index (χ1) is 5.29. The van der Waals surface area contributed by atoms with Gasteiger partial charge in [0.2, 0.25) is 0 Å². The van der Waals surface area contributed by atoms with E-state index in [0.29, 0.717) is 0 Å². The van der Waals surface area contributed by atoms with E-state index in [1.807, 2.05) is 0 Å². The van der Waals surface area contributed by atoms with E-state index in [4.69, 9.17) is 0 Å². The van der Waals surface area contributed by atoms with Crippen molar-refractivity contribution in [1.82, 2.24) is 0 Å². The molecule has 0 radical (unpaired) electrons. The minimum Gasteiger partial charge on any atom is -0.144 e. The molecule has 0 unspecified atom stereocenters. The summed E-state index contributed by atoms with van der Waals surface area (Å²) in [5.74, 6) is 0. The highest BCUT2D eigenvalue weighted by atomic mass is 79.9. The van der Waals surface area contributed by atoms with E-state index in [0.717, 1.165) is 0 Å². The van der Waals surface area contributed by atoms with Crippen molar-refractivity contribution in [3.8, 4) is 0 Å². The molecule has 0 atom stereocenters. The first-order valence-corrected chi connectivity index (χ1v) is 5.08. The van der Waals surface area contributed by atoms with E-state index in [1.54, 1.807) is 11.3 Å².